The van der Waals surface area contributed by atoms with Gasteiger partial charge in [-0.2, -0.15) is 10.4 Å². The Bertz CT molecular complexity index is 1240. The van der Waals surface area contributed by atoms with E-state index in [-0.39, 0.29) is 5.91 Å². The zero-order chi connectivity index (χ0) is 23.1. The molecular formula is C27H28N4O2. The normalized spacial score (nSPS) is 18.2. The second-order valence-corrected chi connectivity index (χ2v) is 9.29. The van der Waals surface area contributed by atoms with Crippen LogP contribution in [0.25, 0.3) is 11.3 Å². The van der Waals surface area contributed by atoms with Crippen molar-refractivity contribution in [3.05, 3.63) is 75.5 Å². The van der Waals surface area contributed by atoms with Crippen molar-refractivity contribution in [1.29, 1.82) is 5.26 Å². The molecule has 0 bridgehead atoms. The van der Waals surface area contributed by atoms with E-state index in [1.54, 1.807) is 0 Å². The van der Waals surface area contributed by atoms with Gasteiger partial charge in [0, 0.05) is 48.4 Å². The van der Waals surface area contributed by atoms with Crippen LogP contribution in [0, 0.1) is 32.1 Å². The Morgan fingerprint density at radius 2 is 1.88 bits per heavy atom. The molecule has 1 aromatic heterocycles. The Morgan fingerprint density at radius 3 is 2.55 bits per heavy atom. The van der Waals surface area contributed by atoms with E-state index >= 15 is 0 Å². The van der Waals surface area contributed by atoms with E-state index in [0.29, 0.717) is 30.5 Å². The molecule has 6 heteroatoms. The molecule has 3 heterocycles. The van der Waals surface area contributed by atoms with E-state index in [1.165, 1.54) is 5.56 Å². The highest BCUT2D eigenvalue weighted by molar-refractivity contribution is 5.98. The highest BCUT2D eigenvalue weighted by atomic mass is 16.5. The Labute approximate surface area is 194 Å². The summed E-state index contributed by atoms with van der Waals surface area (Å²) in [5.74, 6) is 0.742. The molecule has 33 heavy (non-hydrogen) atoms. The zero-order valence-corrected chi connectivity index (χ0v) is 19.3. The highest BCUT2D eigenvalue weighted by Crippen LogP contribution is 2.35. The standard InChI is InChI=1S/C27H28N4O2/c1-16-10-17(2)24(11-23(16)26-18(3)25(29-30-26)21-8-9-33-15-21)27(32)31-13-22(14-31)20-6-4-19(12-28)5-7-20/h4-7,10-11,21-22H,8-9,13-15H2,1-3H3,(H,29,30). The number of aryl methyl sites for hydroxylation is 2. The summed E-state index contributed by atoms with van der Waals surface area (Å²) in [5, 5.41) is 16.9. The molecule has 168 valence electrons. The number of nitriles is 1. The summed E-state index contributed by atoms with van der Waals surface area (Å²) in [5.41, 5.74) is 8.88. The molecule has 6 nitrogen and oxygen atoms in total. The summed E-state index contributed by atoms with van der Waals surface area (Å²) in [6.07, 6.45) is 1.01. The molecule has 2 saturated heterocycles. The van der Waals surface area contributed by atoms with Crippen molar-refractivity contribution in [3.8, 4) is 17.3 Å². The molecule has 2 fully saturated rings. The Hall–Kier alpha value is -3.43. The number of H-pyrrole nitrogens is 1. The lowest BCUT2D eigenvalue weighted by atomic mass is 9.89. The summed E-state index contributed by atoms with van der Waals surface area (Å²) in [6, 6.07) is 13.9. The topological polar surface area (TPSA) is 82.0 Å². The van der Waals surface area contributed by atoms with Gasteiger partial charge in [-0.25, -0.2) is 0 Å². The van der Waals surface area contributed by atoms with Crippen LogP contribution < -0.4 is 0 Å². The van der Waals surface area contributed by atoms with Gasteiger partial charge in [0.2, 0.25) is 0 Å². The van der Waals surface area contributed by atoms with Crippen molar-refractivity contribution in [2.75, 3.05) is 26.3 Å². The fraction of sp³-hybridized carbons (Fsp3) is 0.370. The predicted octanol–water partition coefficient (Wildman–Crippen LogP) is 4.62. The van der Waals surface area contributed by atoms with Gasteiger partial charge in [0.1, 0.15) is 0 Å². The minimum atomic E-state index is 0.0660. The molecule has 1 atom stereocenters. The number of hydrogen-bond acceptors (Lipinski definition) is 4. The maximum Gasteiger partial charge on any atom is 0.254 e. The fourth-order valence-electron chi connectivity index (χ4n) is 5.03. The molecule has 0 spiro atoms. The van der Waals surface area contributed by atoms with Crippen LogP contribution in [0.4, 0.5) is 0 Å². The molecule has 1 N–H and O–H groups in total. The number of carbonyl (C=O) groups is 1. The number of likely N-dealkylation sites (tertiary alicyclic amines) is 1. The molecule has 0 aliphatic carbocycles. The van der Waals surface area contributed by atoms with Gasteiger partial charge < -0.3 is 9.64 Å². The van der Waals surface area contributed by atoms with E-state index in [2.05, 4.69) is 36.2 Å². The molecule has 2 aliphatic rings. The number of hydrogen-bond donors (Lipinski definition) is 1. The number of ether oxygens (including phenoxy) is 1. The first-order chi connectivity index (χ1) is 16.0. The number of rotatable bonds is 4. The van der Waals surface area contributed by atoms with Crippen molar-refractivity contribution in [1.82, 2.24) is 15.1 Å². The van der Waals surface area contributed by atoms with E-state index in [4.69, 9.17) is 10.00 Å². The van der Waals surface area contributed by atoms with Crippen LogP contribution in [0.2, 0.25) is 0 Å². The molecule has 2 aromatic carbocycles. The van der Waals surface area contributed by atoms with Gasteiger partial charge in [0.25, 0.3) is 5.91 Å². The monoisotopic (exact) mass is 440 g/mol. The highest BCUT2D eigenvalue weighted by Gasteiger charge is 2.33. The lowest BCUT2D eigenvalue weighted by Gasteiger charge is -2.40. The summed E-state index contributed by atoms with van der Waals surface area (Å²) in [6.45, 7) is 9.09. The smallest absolute Gasteiger partial charge is 0.254 e. The minimum absolute atomic E-state index is 0.0660. The summed E-state index contributed by atoms with van der Waals surface area (Å²) < 4.78 is 5.56. The SMILES string of the molecule is Cc1cc(C)c(-c2n[nH]c(C3CCOC3)c2C)cc1C(=O)N1CC(c2ccc(C#N)cc2)C1. The first kappa shape index (κ1) is 21.4. The van der Waals surface area contributed by atoms with Crippen molar-refractivity contribution in [3.63, 3.8) is 0 Å². The van der Waals surface area contributed by atoms with Crippen LogP contribution in [-0.2, 0) is 4.74 Å². The van der Waals surface area contributed by atoms with Gasteiger partial charge in [0.15, 0.2) is 0 Å². The maximum atomic E-state index is 13.4. The number of aromatic nitrogens is 2. The average Bonchev–Trinajstić information content (AvgIpc) is 3.43. The summed E-state index contributed by atoms with van der Waals surface area (Å²) in [4.78, 5) is 15.3. The molecule has 0 radical (unpaired) electrons. The molecule has 3 aromatic rings. The van der Waals surface area contributed by atoms with Crippen LogP contribution in [-0.4, -0.2) is 47.3 Å². The van der Waals surface area contributed by atoms with Gasteiger partial charge in [-0.05, 0) is 67.6 Å². The summed E-state index contributed by atoms with van der Waals surface area (Å²) in [7, 11) is 0. The van der Waals surface area contributed by atoms with Crippen LogP contribution >= 0.6 is 0 Å². The van der Waals surface area contributed by atoms with Crippen molar-refractivity contribution in [2.45, 2.75) is 39.0 Å². The number of carbonyl (C=O) groups excluding carboxylic acids is 1. The number of aromatic amines is 1. The molecule has 5 rings (SSSR count). The van der Waals surface area contributed by atoms with E-state index < -0.39 is 0 Å². The van der Waals surface area contributed by atoms with Crippen molar-refractivity contribution < 1.29 is 9.53 Å². The molecular weight excluding hydrogens is 412 g/mol. The third-order valence-electron chi connectivity index (χ3n) is 7.12. The Balaban J connectivity index is 1.37. The lowest BCUT2D eigenvalue weighted by Crippen LogP contribution is -2.48. The van der Waals surface area contributed by atoms with E-state index in [1.807, 2.05) is 42.2 Å². The largest absolute Gasteiger partial charge is 0.381 e. The third-order valence-corrected chi connectivity index (χ3v) is 7.12. The van der Waals surface area contributed by atoms with E-state index in [0.717, 1.165) is 58.8 Å². The fourth-order valence-corrected chi connectivity index (χ4v) is 5.03. The van der Waals surface area contributed by atoms with Gasteiger partial charge in [0.05, 0.1) is 23.9 Å². The molecule has 1 amide bonds. The zero-order valence-electron chi connectivity index (χ0n) is 19.3. The van der Waals surface area contributed by atoms with Gasteiger partial charge >= 0.3 is 0 Å². The Kier molecular flexibility index (Phi) is 5.51. The molecule has 0 saturated carbocycles. The second kappa shape index (κ2) is 8.49. The maximum absolute atomic E-state index is 13.4. The van der Waals surface area contributed by atoms with Crippen LogP contribution in [0.15, 0.2) is 36.4 Å². The number of benzene rings is 2. The predicted molar refractivity (Wildman–Crippen MR) is 126 cm³/mol. The number of amides is 1. The first-order valence-corrected chi connectivity index (χ1v) is 11.5. The van der Waals surface area contributed by atoms with Crippen molar-refractivity contribution in [2.24, 2.45) is 0 Å². The summed E-state index contributed by atoms with van der Waals surface area (Å²) >= 11 is 0. The van der Waals surface area contributed by atoms with Gasteiger partial charge in [-0.15, -0.1) is 0 Å². The van der Waals surface area contributed by atoms with Gasteiger partial charge in [-0.3, -0.25) is 9.89 Å². The Morgan fingerprint density at radius 1 is 1.12 bits per heavy atom. The quantitative estimate of drug-likeness (QED) is 0.642. The number of nitrogens with zero attached hydrogens (tertiary/aromatic N) is 3. The third kappa shape index (κ3) is 3.83. The van der Waals surface area contributed by atoms with Crippen LogP contribution in [0.1, 0.15) is 62.1 Å². The molecule has 2 aliphatic heterocycles. The lowest BCUT2D eigenvalue weighted by molar-refractivity contribution is 0.0601. The minimum Gasteiger partial charge on any atom is -0.381 e. The van der Waals surface area contributed by atoms with Crippen LogP contribution in [0.3, 0.4) is 0 Å². The first-order valence-electron chi connectivity index (χ1n) is 11.5. The van der Waals surface area contributed by atoms with Crippen LogP contribution in [0.5, 0.6) is 0 Å². The van der Waals surface area contributed by atoms with Gasteiger partial charge in [-0.1, -0.05) is 18.2 Å². The number of nitrogens with one attached hydrogen (secondary N) is 1. The second-order valence-electron chi connectivity index (χ2n) is 9.29. The van der Waals surface area contributed by atoms with E-state index in [9.17, 15) is 4.79 Å². The average molecular weight is 441 g/mol. The van der Waals surface area contributed by atoms with Crippen molar-refractivity contribution >= 4 is 5.91 Å². The molecule has 1 unspecified atom stereocenters.